The van der Waals surface area contributed by atoms with Crippen molar-refractivity contribution in [2.45, 2.75) is 31.3 Å². The second-order valence-corrected chi connectivity index (χ2v) is 4.94. The molecular formula is C13H16ClNO4. The van der Waals surface area contributed by atoms with Gasteiger partial charge in [-0.3, -0.25) is 4.79 Å². The average Bonchev–Trinajstić information content (AvgIpc) is 2.66. The minimum absolute atomic E-state index is 0.288. The molecule has 0 aliphatic carbocycles. The summed E-state index contributed by atoms with van der Waals surface area (Å²) in [6, 6.07) is 6.10. The van der Waals surface area contributed by atoms with E-state index in [0.717, 1.165) is 0 Å². The summed E-state index contributed by atoms with van der Waals surface area (Å²) in [5.41, 5.74) is 0.344. The number of aliphatic hydroxyl groups excluding tert-OH is 2. The Morgan fingerprint density at radius 2 is 2.16 bits per heavy atom. The van der Waals surface area contributed by atoms with Crippen molar-refractivity contribution < 1.29 is 19.7 Å². The Morgan fingerprint density at radius 3 is 2.74 bits per heavy atom. The number of hydrogen-bond donors (Lipinski definition) is 3. The lowest BCUT2D eigenvalue weighted by molar-refractivity contribution is -0.0170. The largest absolute Gasteiger partial charge is 0.394 e. The van der Waals surface area contributed by atoms with Gasteiger partial charge < -0.3 is 20.3 Å². The first-order chi connectivity index (χ1) is 9.04. The highest BCUT2D eigenvalue weighted by Crippen LogP contribution is 2.22. The van der Waals surface area contributed by atoms with Gasteiger partial charge in [-0.1, -0.05) is 23.7 Å². The van der Waals surface area contributed by atoms with Gasteiger partial charge >= 0.3 is 0 Å². The van der Waals surface area contributed by atoms with Crippen LogP contribution in [0, 0.1) is 0 Å². The number of nitrogens with one attached hydrogen (secondary N) is 1. The molecule has 1 amide bonds. The number of amides is 1. The van der Waals surface area contributed by atoms with Gasteiger partial charge in [0.15, 0.2) is 0 Å². The van der Waals surface area contributed by atoms with Gasteiger partial charge in [-0.25, -0.2) is 0 Å². The number of benzene rings is 1. The smallest absolute Gasteiger partial charge is 0.253 e. The topological polar surface area (TPSA) is 78.8 Å². The summed E-state index contributed by atoms with van der Waals surface area (Å²) in [7, 11) is 0. The molecule has 0 radical (unpaired) electrons. The number of carbonyl (C=O) groups excluding carboxylic acids is 1. The molecule has 1 unspecified atom stereocenters. The average molecular weight is 286 g/mol. The summed E-state index contributed by atoms with van der Waals surface area (Å²) in [5.74, 6) is -0.372. The molecule has 5 nitrogen and oxygen atoms in total. The predicted octanol–water partition coefficient (Wildman–Crippen LogP) is 0.579. The molecule has 1 saturated heterocycles. The van der Waals surface area contributed by atoms with Gasteiger partial charge in [-0.2, -0.15) is 0 Å². The molecule has 2 rings (SSSR count). The summed E-state index contributed by atoms with van der Waals surface area (Å²) < 4.78 is 5.35. The first-order valence-electron chi connectivity index (χ1n) is 6.04. The second-order valence-electron chi connectivity index (χ2n) is 4.53. The molecule has 3 N–H and O–H groups in total. The Balaban J connectivity index is 2.09. The van der Waals surface area contributed by atoms with Crippen LogP contribution < -0.4 is 5.32 Å². The number of rotatable bonds is 3. The summed E-state index contributed by atoms with van der Waals surface area (Å²) >= 11 is 5.94. The molecule has 1 aliphatic heterocycles. The monoisotopic (exact) mass is 285 g/mol. The van der Waals surface area contributed by atoms with Crippen molar-refractivity contribution in [2.24, 2.45) is 0 Å². The molecule has 1 aromatic rings. The van der Waals surface area contributed by atoms with Crippen molar-refractivity contribution in [3.05, 3.63) is 34.9 Å². The van der Waals surface area contributed by atoms with Gasteiger partial charge in [0, 0.05) is 0 Å². The van der Waals surface area contributed by atoms with E-state index in [2.05, 4.69) is 5.32 Å². The fraction of sp³-hybridized carbons (Fsp3) is 0.462. The zero-order chi connectivity index (χ0) is 14.0. The Bertz CT molecular complexity index is 468. The fourth-order valence-electron chi connectivity index (χ4n) is 2.18. The quantitative estimate of drug-likeness (QED) is 0.759. The van der Waals surface area contributed by atoms with Crippen LogP contribution in [0.15, 0.2) is 24.3 Å². The highest BCUT2D eigenvalue weighted by Gasteiger charge is 2.41. The van der Waals surface area contributed by atoms with E-state index < -0.39 is 18.2 Å². The van der Waals surface area contributed by atoms with Crippen LogP contribution in [0.25, 0.3) is 0 Å². The SMILES string of the molecule is C[C@@H]1O[C@H](CO)[C@H](O)C1NC(=O)c1ccccc1Cl. The van der Waals surface area contributed by atoms with Crippen LogP contribution in [0.4, 0.5) is 0 Å². The van der Waals surface area contributed by atoms with Crippen LogP contribution >= 0.6 is 11.6 Å². The molecule has 1 aliphatic rings. The third-order valence-electron chi connectivity index (χ3n) is 3.24. The fourth-order valence-corrected chi connectivity index (χ4v) is 2.40. The lowest BCUT2D eigenvalue weighted by Crippen LogP contribution is -2.47. The molecule has 1 aromatic carbocycles. The van der Waals surface area contributed by atoms with Crippen LogP contribution in [-0.4, -0.2) is 47.1 Å². The third kappa shape index (κ3) is 2.90. The van der Waals surface area contributed by atoms with Gasteiger partial charge in [-0.05, 0) is 19.1 Å². The molecular weight excluding hydrogens is 270 g/mol. The Kier molecular flexibility index (Phi) is 4.42. The van der Waals surface area contributed by atoms with Crippen molar-refractivity contribution in [3.8, 4) is 0 Å². The molecule has 6 heteroatoms. The number of ether oxygens (including phenoxy) is 1. The Labute approximate surface area is 116 Å². The minimum atomic E-state index is -0.938. The van der Waals surface area contributed by atoms with Crippen LogP contribution in [0.5, 0.6) is 0 Å². The normalized spacial score (nSPS) is 30.3. The lowest BCUT2D eigenvalue weighted by atomic mass is 10.0. The van der Waals surface area contributed by atoms with Crippen LogP contribution in [0.3, 0.4) is 0 Å². The lowest BCUT2D eigenvalue weighted by Gasteiger charge is -2.19. The highest BCUT2D eigenvalue weighted by atomic mass is 35.5. The molecule has 0 saturated carbocycles. The third-order valence-corrected chi connectivity index (χ3v) is 3.57. The maximum absolute atomic E-state index is 12.1. The number of aliphatic hydroxyl groups is 2. The van der Waals surface area contributed by atoms with E-state index >= 15 is 0 Å². The van der Waals surface area contributed by atoms with E-state index in [1.54, 1.807) is 31.2 Å². The van der Waals surface area contributed by atoms with E-state index in [0.29, 0.717) is 10.6 Å². The summed E-state index contributed by atoms with van der Waals surface area (Å²) in [6.45, 7) is 1.44. The van der Waals surface area contributed by atoms with E-state index in [1.807, 2.05) is 0 Å². The van der Waals surface area contributed by atoms with Gasteiger partial charge in [-0.15, -0.1) is 0 Å². The maximum atomic E-state index is 12.1. The maximum Gasteiger partial charge on any atom is 0.253 e. The standard InChI is InChI=1S/C13H16ClNO4/c1-7-11(12(17)10(6-16)19-7)15-13(18)8-4-2-3-5-9(8)14/h2-5,7,10-12,16-17H,6H2,1H3,(H,15,18)/t7-,10+,11?,12-/m0/s1. The van der Waals surface area contributed by atoms with Crippen molar-refractivity contribution in [1.29, 1.82) is 0 Å². The number of carbonyl (C=O) groups is 1. The molecule has 0 spiro atoms. The van der Waals surface area contributed by atoms with Gasteiger partial charge in [0.1, 0.15) is 12.2 Å². The molecule has 0 aromatic heterocycles. The van der Waals surface area contributed by atoms with Gasteiger partial charge in [0.05, 0.1) is 29.3 Å². The van der Waals surface area contributed by atoms with Gasteiger partial charge in [0.2, 0.25) is 0 Å². The van der Waals surface area contributed by atoms with E-state index in [-0.39, 0.29) is 18.6 Å². The molecule has 1 fully saturated rings. The van der Waals surface area contributed by atoms with Crippen LogP contribution in [0.1, 0.15) is 17.3 Å². The van der Waals surface area contributed by atoms with E-state index in [1.165, 1.54) is 0 Å². The van der Waals surface area contributed by atoms with Crippen LogP contribution in [0.2, 0.25) is 5.02 Å². The molecule has 104 valence electrons. The molecule has 1 heterocycles. The summed E-state index contributed by atoms with van der Waals surface area (Å²) in [6.07, 6.45) is -1.99. The number of halogens is 1. The summed E-state index contributed by atoms with van der Waals surface area (Å²) in [5, 5.41) is 22.0. The van der Waals surface area contributed by atoms with E-state index in [9.17, 15) is 9.90 Å². The van der Waals surface area contributed by atoms with Crippen LogP contribution in [-0.2, 0) is 4.74 Å². The number of hydrogen-bond acceptors (Lipinski definition) is 4. The first kappa shape index (κ1) is 14.3. The second kappa shape index (κ2) is 5.88. The highest BCUT2D eigenvalue weighted by molar-refractivity contribution is 6.33. The predicted molar refractivity (Wildman–Crippen MR) is 70.1 cm³/mol. The minimum Gasteiger partial charge on any atom is -0.394 e. The summed E-state index contributed by atoms with van der Waals surface area (Å²) in [4.78, 5) is 12.1. The Morgan fingerprint density at radius 1 is 1.47 bits per heavy atom. The van der Waals surface area contributed by atoms with Crippen molar-refractivity contribution in [3.63, 3.8) is 0 Å². The first-order valence-corrected chi connectivity index (χ1v) is 6.42. The molecule has 4 atom stereocenters. The zero-order valence-corrected chi connectivity index (χ0v) is 11.2. The van der Waals surface area contributed by atoms with Crippen molar-refractivity contribution >= 4 is 17.5 Å². The van der Waals surface area contributed by atoms with Crippen molar-refractivity contribution in [2.75, 3.05) is 6.61 Å². The molecule has 19 heavy (non-hydrogen) atoms. The van der Waals surface area contributed by atoms with E-state index in [4.69, 9.17) is 21.4 Å². The van der Waals surface area contributed by atoms with Gasteiger partial charge in [0.25, 0.3) is 5.91 Å². The van der Waals surface area contributed by atoms with Crippen molar-refractivity contribution in [1.82, 2.24) is 5.32 Å². The molecule has 0 bridgehead atoms. The zero-order valence-electron chi connectivity index (χ0n) is 10.4. The Hall–Kier alpha value is -1.14.